The Labute approximate surface area is 268 Å². The van der Waals surface area contributed by atoms with E-state index in [0.29, 0.717) is 12.0 Å². The second kappa shape index (κ2) is 21.7. The molecule has 3 N–H and O–H groups in total. The van der Waals surface area contributed by atoms with E-state index in [-0.39, 0.29) is 42.6 Å². The number of aliphatic hydroxyl groups is 3. The lowest BCUT2D eigenvalue weighted by Crippen LogP contribution is -2.33. The molecule has 44 heavy (non-hydrogen) atoms. The summed E-state index contributed by atoms with van der Waals surface area (Å²) in [5.74, 6) is -0.370. The zero-order chi connectivity index (χ0) is 31.6. The van der Waals surface area contributed by atoms with E-state index >= 15 is 0 Å². The van der Waals surface area contributed by atoms with Gasteiger partial charge in [0, 0.05) is 0 Å². The van der Waals surface area contributed by atoms with Crippen LogP contribution in [0.1, 0.15) is 168 Å². The molecular formula is C37H66O7. The van der Waals surface area contributed by atoms with Crippen molar-refractivity contribution in [3.05, 3.63) is 11.6 Å². The number of hydrogen-bond acceptors (Lipinski definition) is 7. The Morgan fingerprint density at radius 1 is 0.636 bits per heavy atom. The zero-order valence-electron chi connectivity index (χ0n) is 28.1. The van der Waals surface area contributed by atoms with Crippen molar-refractivity contribution in [1.82, 2.24) is 0 Å². The Morgan fingerprint density at radius 3 is 1.45 bits per heavy atom. The van der Waals surface area contributed by atoms with Gasteiger partial charge in [-0.05, 0) is 57.9 Å². The van der Waals surface area contributed by atoms with Crippen LogP contribution in [0.4, 0.5) is 0 Å². The summed E-state index contributed by atoms with van der Waals surface area (Å²) >= 11 is 0. The molecule has 0 aliphatic carbocycles. The number of ether oxygens (including phenoxy) is 3. The number of carbonyl (C=O) groups is 1. The molecule has 2 fully saturated rings. The van der Waals surface area contributed by atoms with Gasteiger partial charge in [0.2, 0.25) is 0 Å². The van der Waals surface area contributed by atoms with E-state index < -0.39 is 12.2 Å². The Kier molecular flexibility index (Phi) is 18.5. The molecule has 7 heteroatoms. The van der Waals surface area contributed by atoms with Gasteiger partial charge in [0.05, 0.1) is 48.3 Å². The Morgan fingerprint density at radius 2 is 1.05 bits per heavy atom. The number of rotatable bonds is 25. The molecule has 0 amide bonds. The van der Waals surface area contributed by atoms with E-state index in [4.69, 9.17) is 14.2 Å². The number of carbonyl (C=O) groups excluding carboxylic acids is 1. The Bertz CT molecular complexity index is 801. The molecule has 0 aromatic carbocycles. The van der Waals surface area contributed by atoms with Crippen LogP contribution < -0.4 is 0 Å². The van der Waals surface area contributed by atoms with E-state index in [0.717, 1.165) is 77.0 Å². The highest BCUT2D eigenvalue weighted by Gasteiger charge is 2.40. The van der Waals surface area contributed by atoms with Crippen molar-refractivity contribution < 1.29 is 34.3 Å². The van der Waals surface area contributed by atoms with Crippen LogP contribution in [-0.4, -0.2) is 70.1 Å². The molecule has 0 bridgehead atoms. The van der Waals surface area contributed by atoms with Gasteiger partial charge in [-0.3, -0.25) is 0 Å². The van der Waals surface area contributed by atoms with Gasteiger partial charge in [-0.25, -0.2) is 4.79 Å². The molecule has 0 radical (unpaired) electrons. The fourth-order valence-electron chi connectivity index (χ4n) is 7.27. The SMILES string of the molecule is CCCCCCCCCC[C@H](O)[C@H]1CC[C@H]([C@H]2CC[C@H]([C@H](O)CCCCCCCCCCC[C@@H](O)C3=C[C@@H](C)OC3=O)O2)O1. The third-order valence-electron chi connectivity index (χ3n) is 10.1. The van der Waals surface area contributed by atoms with Gasteiger partial charge in [-0.2, -0.15) is 0 Å². The molecule has 3 aliphatic heterocycles. The van der Waals surface area contributed by atoms with Gasteiger partial charge in [-0.1, -0.05) is 116 Å². The fourth-order valence-corrected chi connectivity index (χ4v) is 7.27. The predicted molar refractivity (Wildman–Crippen MR) is 175 cm³/mol. The van der Waals surface area contributed by atoms with Crippen LogP contribution in [0.3, 0.4) is 0 Å². The van der Waals surface area contributed by atoms with E-state index in [9.17, 15) is 20.1 Å². The van der Waals surface area contributed by atoms with Crippen LogP contribution in [0, 0.1) is 0 Å². The minimum absolute atomic E-state index is 0.0539. The minimum Gasteiger partial charge on any atom is -0.455 e. The van der Waals surface area contributed by atoms with E-state index in [1.807, 2.05) is 6.92 Å². The quantitative estimate of drug-likeness (QED) is 0.0703. The first-order valence-electron chi connectivity index (χ1n) is 18.7. The molecule has 0 aromatic heterocycles. The summed E-state index contributed by atoms with van der Waals surface area (Å²) in [6.45, 7) is 4.06. The molecule has 2 saturated heterocycles. The molecule has 8 atom stereocenters. The van der Waals surface area contributed by atoms with Crippen molar-refractivity contribution in [2.24, 2.45) is 0 Å². The van der Waals surface area contributed by atoms with Gasteiger partial charge in [0.25, 0.3) is 0 Å². The maximum atomic E-state index is 11.7. The molecule has 0 aromatic rings. The van der Waals surface area contributed by atoms with Gasteiger partial charge < -0.3 is 29.5 Å². The predicted octanol–water partition coefficient (Wildman–Crippen LogP) is 7.86. The third-order valence-corrected chi connectivity index (χ3v) is 10.1. The minimum atomic E-state index is -0.694. The number of esters is 1. The molecule has 256 valence electrons. The largest absolute Gasteiger partial charge is 0.455 e. The third kappa shape index (κ3) is 13.8. The topological polar surface area (TPSA) is 105 Å². The van der Waals surface area contributed by atoms with Crippen molar-refractivity contribution in [3.8, 4) is 0 Å². The van der Waals surface area contributed by atoms with Crippen molar-refractivity contribution >= 4 is 5.97 Å². The summed E-state index contributed by atoms with van der Waals surface area (Å²) in [5.41, 5.74) is 0.429. The monoisotopic (exact) mass is 622 g/mol. The van der Waals surface area contributed by atoms with Gasteiger partial charge in [-0.15, -0.1) is 0 Å². The lowest BCUT2D eigenvalue weighted by molar-refractivity contribution is -0.139. The summed E-state index contributed by atoms with van der Waals surface area (Å²) in [7, 11) is 0. The van der Waals surface area contributed by atoms with Crippen LogP contribution >= 0.6 is 0 Å². The first kappa shape index (κ1) is 37.5. The van der Waals surface area contributed by atoms with E-state index in [1.165, 1.54) is 70.6 Å². The van der Waals surface area contributed by atoms with Crippen LogP contribution in [0.15, 0.2) is 11.6 Å². The summed E-state index contributed by atoms with van der Waals surface area (Å²) in [6.07, 6.45) is 26.4. The fraction of sp³-hybridized carbons (Fsp3) is 0.919. The Balaban J connectivity index is 1.13. The molecule has 3 heterocycles. The molecule has 0 saturated carbocycles. The molecule has 3 aliphatic rings. The highest BCUT2D eigenvalue weighted by atomic mass is 16.6. The van der Waals surface area contributed by atoms with Crippen LogP contribution in [0.2, 0.25) is 0 Å². The highest BCUT2D eigenvalue weighted by Crippen LogP contribution is 2.34. The average Bonchev–Trinajstić information content (AvgIpc) is 3.77. The number of hydrogen-bond donors (Lipinski definition) is 3. The van der Waals surface area contributed by atoms with Gasteiger partial charge >= 0.3 is 5.97 Å². The summed E-state index contributed by atoms with van der Waals surface area (Å²) in [6, 6.07) is 0. The van der Waals surface area contributed by atoms with Gasteiger partial charge in [0.1, 0.15) is 6.10 Å². The van der Waals surface area contributed by atoms with Crippen LogP contribution in [0.25, 0.3) is 0 Å². The molecule has 0 spiro atoms. The lowest BCUT2D eigenvalue weighted by atomic mass is 10.00. The number of aliphatic hydroxyl groups excluding tert-OH is 3. The highest BCUT2D eigenvalue weighted by molar-refractivity contribution is 5.91. The average molecular weight is 623 g/mol. The number of unbranched alkanes of at least 4 members (excludes halogenated alkanes) is 15. The van der Waals surface area contributed by atoms with Crippen molar-refractivity contribution in [2.75, 3.05) is 0 Å². The van der Waals surface area contributed by atoms with Crippen LogP contribution in [-0.2, 0) is 19.0 Å². The molecule has 0 unspecified atom stereocenters. The maximum absolute atomic E-state index is 11.7. The summed E-state index contributed by atoms with van der Waals surface area (Å²) in [5, 5.41) is 31.6. The molecule has 7 nitrogen and oxygen atoms in total. The zero-order valence-corrected chi connectivity index (χ0v) is 28.1. The second-order valence-corrected chi connectivity index (χ2v) is 14.0. The normalized spacial score (nSPS) is 27.4. The Hall–Kier alpha value is -0.990. The second-order valence-electron chi connectivity index (χ2n) is 14.0. The van der Waals surface area contributed by atoms with E-state index in [1.54, 1.807) is 6.08 Å². The van der Waals surface area contributed by atoms with Crippen molar-refractivity contribution in [1.29, 1.82) is 0 Å². The molecule has 3 rings (SSSR count). The number of cyclic esters (lactones) is 1. The summed E-state index contributed by atoms with van der Waals surface area (Å²) in [4.78, 5) is 11.7. The van der Waals surface area contributed by atoms with Gasteiger partial charge in [0.15, 0.2) is 0 Å². The standard InChI is InChI=1S/C37H66O7/c1-3-4-5-6-7-11-15-18-21-31(39)33-23-25-35(43-33)36-26-24-34(44-36)32(40)22-19-16-13-10-8-9-12-14-17-20-30(38)29-27-28(2)42-37(29)41/h27-28,30-36,38-40H,3-26H2,1-2H3/t28-,30-,31+,32-,33-,34-,35-,36-/m1/s1. The first-order valence-corrected chi connectivity index (χ1v) is 18.7. The van der Waals surface area contributed by atoms with Crippen LogP contribution in [0.5, 0.6) is 0 Å². The van der Waals surface area contributed by atoms with Crippen molar-refractivity contribution in [3.63, 3.8) is 0 Å². The first-order chi connectivity index (χ1) is 21.4. The summed E-state index contributed by atoms with van der Waals surface area (Å²) < 4.78 is 17.6. The smallest absolute Gasteiger partial charge is 0.337 e. The molecular weight excluding hydrogens is 556 g/mol. The van der Waals surface area contributed by atoms with E-state index in [2.05, 4.69) is 6.92 Å². The van der Waals surface area contributed by atoms with Crippen molar-refractivity contribution in [2.45, 2.75) is 217 Å². The lowest BCUT2D eigenvalue weighted by Gasteiger charge is -2.24. The maximum Gasteiger partial charge on any atom is 0.337 e.